The zero-order valence-corrected chi connectivity index (χ0v) is 12.2. The number of aromatic nitrogens is 4. The monoisotopic (exact) mass is 301 g/mol. The Morgan fingerprint density at radius 3 is 3.00 bits per heavy atom. The van der Waals surface area contributed by atoms with E-state index in [1.54, 1.807) is 7.11 Å². The van der Waals surface area contributed by atoms with Gasteiger partial charge in [-0.25, -0.2) is 4.68 Å². The minimum Gasteiger partial charge on any atom is -0.451 e. The summed E-state index contributed by atoms with van der Waals surface area (Å²) >= 11 is 0. The number of hydrogen-bond acceptors (Lipinski definition) is 6. The summed E-state index contributed by atoms with van der Waals surface area (Å²) < 4.78 is 12.0. The predicted octanol–water partition coefficient (Wildman–Crippen LogP) is 1.63. The van der Waals surface area contributed by atoms with Crippen LogP contribution >= 0.6 is 0 Å². The molecule has 0 saturated carbocycles. The first-order chi connectivity index (χ1) is 10.7. The molecule has 1 N–H and O–H groups in total. The van der Waals surface area contributed by atoms with Crippen molar-refractivity contribution in [2.45, 2.75) is 13.5 Å². The van der Waals surface area contributed by atoms with Crippen molar-refractivity contribution in [2.75, 3.05) is 19.0 Å². The van der Waals surface area contributed by atoms with Gasteiger partial charge >= 0.3 is 0 Å². The Morgan fingerprint density at radius 2 is 2.23 bits per heavy atom. The Balaban J connectivity index is 1.84. The number of methoxy groups -OCH3 is 1. The first-order valence-electron chi connectivity index (χ1n) is 6.75. The van der Waals surface area contributed by atoms with Gasteiger partial charge in [0.25, 0.3) is 5.91 Å². The lowest BCUT2D eigenvalue weighted by Gasteiger charge is -2.04. The van der Waals surface area contributed by atoms with Crippen molar-refractivity contribution in [3.05, 3.63) is 35.6 Å². The van der Waals surface area contributed by atoms with Gasteiger partial charge in [0.2, 0.25) is 5.95 Å². The maximum Gasteiger partial charge on any atom is 0.294 e. The summed E-state index contributed by atoms with van der Waals surface area (Å²) in [7, 11) is 1.58. The lowest BCUT2D eigenvalue weighted by molar-refractivity contribution is 0.0996. The van der Waals surface area contributed by atoms with E-state index >= 15 is 0 Å². The van der Waals surface area contributed by atoms with Crippen LogP contribution in [0.15, 0.2) is 28.7 Å². The Hall–Kier alpha value is -2.74. The van der Waals surface area contributed by atoms with Gasteiger partial charge in [0.05, 0.1) is 13.2 Å². The number of amides is 1. The van der Waals surface area contributed by atoms with Crippen LogP contribution in [0.2, 0.25) is 0 Å². The van der Waals surface area contributed by atoms with Crippen LogP contribution in [0.1, 0.15) is 16.1 Å². The first kappa shape index (κ1) is 14.2. The topological polar surface area (TPSA) is 95.1 Å². The van der Waals surface area contributed by atoms with Crippen LogP contribution < -0.4 is 5.32 Å². The van der Waals surface area contributed by atoms with Crippen LogP contribution in [-0.4, -0.2) is 39.8 Å². The highest BCUT2D eigenvalue weighted by Crippen LogP contribution is 2.25. The lowest BCUT2D eigenvalue weighted by atomic mass is 10.1. The summed E-state index contributed by atoms with van der Waals surface area (Å²) in [6.45, 7) is 2.73. The van der Waals surface area contributed by atoms with E-state index in [1.807, 2.05) is 31.2 Å². The molecule has 0 aliphatic heterocycles. The molecule has 2 heterocycles. The number of ether oxygens (including phenoxy) is 1. The Kier molecular flexibility index (Phi) is 3.84. The largest absolute Gasteiger partial charge is 0.451 e. The first-order valence-corrected chi connectivity index (χ1v) is 6.75. The van der Waals surface area contributed by atoms with Gasteiger partial charge in [0, 0.05) is 18.1 Å². The van der Waals surface area contributed by atoms with Crippen molar-refractivity contribution in [3.8, 4) is 0 Å². The third-order valence-corrected chi connectivity index (χ3v) is 3.31. The summed E-state index contributed by atoms with van der Waals surface area (Å²) in [6, 6.07) is 7.49. The molecule has 114 valence electrons. The van der Waals surface area contributed by atoms with Gasteiger partial charge in [-0.1, -0.05) is 23.3 Å². The Bertz CT molecular complexity index is 808. The number of fused-ring (bicyclic) bond motifs is 1. The number of nitrogens with zero attached hydrogens (tertiary/aromatic N) is 4. The van der Waals surface area contributed by atoms with Gasteiger partial charge in [-0.15, -0.1) is 0 Å². The van der Waals surface area contributed by atoms with Gasteiger partial charge in [-0.2, -0.15) is 0 Å². The molecule has 8 heteroatoms. The number of anilines is 1. The molecule has 0 atom stereocenters. The van der Waals surface area contributed by atoms with Crippen molar-refractivity contribution >= 4 is 22.8 Å². The van der Waals surface area contributed by atoms with Crippen LogP contribution in [0.5, 0.6) is 0 Å². The SMILES string of the molecule is COCCn1nnnc1NC(=O)c1oc2ccccc2c1C. The summed E-state index contributed by atoms with van der Waals surface area (Å²) in [6.07, 6.45) is 0. The predicted molar refractivity (Wildman–Crippen MR) is 78.6 cm³/mol. The molecule has 0 unspecified atom stereocenters. The number of aryl methyl sites for hydroxylation is 1. The number of tetrazole rings is 1. The van der Waals surface area contributed by atoms with E-state index in [4.69, 9.17) is 9.15 Å². The lowest BCUT2D eigenvalue weighted by Crippen LogP contribution is -2.18. The van der Waals surface area contributed by atoms with Gasteiger partial charge in [0.15, 0.2) is 5.76 Å². The number of benzene rings is 1. The van der Waals surface area contributed by atoms with Gasteiger partial charge in [-0.05, 0) is 23.4 Å². The van der Waals surface area contributed by atoms with E-state index in [9.17, 15) is 4.79 Å². The Labute approximate surface area is 126 Å². The highest BCUT2D eigenvalue weighted by molar-refractivity contribution is 6.05. The van der Waals surface area contributed by atoms with E-state index in [-0.39, 0.29) is 17.6 Å². The number of hydrogen-bond donors (Lipinski definition) is 1. The number of carbonyl (C=O) groups excluding carboxylic acids is 1. The average molecular weight is 301 g/mol. The molecule has 0 saturated heterocycles. The molecule has 0 fully saturated rings. The summed E-state index contributed by atoms with van der Waals surface area (Å²) in [4.78, 5) is 12.4. The molecule has 0 radical (unpaired) electrons. The fourth-order valence-electron chi connectivity index (χ4n) is 2.17. The molecule has 1 amide bonds. The number of para-hydroxylation sites is 1. The van der Waals surface area contributed by atoms with Crippen molar-refractivity contribution < 1.29 is 13.9 Å². The maximum absolute atomic E-state index is 12.4. The minimum absolute atomic E-state index is 0.252. The molecule has 2 aromatic heterocycles. The van der Waals surface area contributed by atoms with Gasteiger partial charge in [-0.3, -0.25) is 10.1 Å². The zero-order valence-electron chi connectivity index (χ0n) is 12.2. The number of rotatable bonds is 5. The minimum atomic E-state index is -0.387. The van der Waals surface area contributed by atoms with Crippen LogP contribution in [0, 0.1) is 6.92 Å². The molecule has 0 spiro atoms. The summed E-state index contributed by atoms with van der Waals surface area (Å²) in [5.41, 5.74) is 1.45. The van der Waals surface area contributed by atoms with Crippen molar-refractivity contribution in [1.82, 2.24) is 20.2 Å². The molecule has 1 aromatic carbocycles. The number of nitrogens with one attached hydrogen (secondary N) is 1. The molecule has 22 heavy (non-hydrogen) atoms. The highest BCUT2D eigenvalue weighted by atomic mass is 16.5. The second-order valence-electron chi connectivity index (χ2n) is 4.72. The normalized spacial score (nSPS) is 11.0. The summed E-state index contributed by atoms with van der Waals surface area (Å²) in [5, 5.41) is 14.7. The van der Waals surface area contributed by atoms with Crippen LogP contribution in [0.3, 0.4) is 0 Å². The molecule has 3 aromatic rings. The molecule has 0 bridgehead atoms. The fraction of sp³-hybridized carbons (Fsp3) is 0.286. The second-order valence-corrected chi connectivity index (χ2v) is 4.72. The van der Waals surface area contributed by atoms with E-state index < -0.39 is 0 Å². The number of furan rings is 1. The molecule has 0 aliphatic carbocycles. The fourth-order valence-corrected chi connectivity index (χ4v) is 2.17. The third kappa shape index (κ3) is 2.56. The molecular formula is C14H15N5O3. The quantitative estimate of drug-likeness (QED) is 0.769. The maximum atomic E-state index is 12.4. The van der Waals surface area contributed by atoms with Crippen LogP contribution in [-0.2, 0) is 11.3 Å². The standard InChI is InChI=1S/C14H15N5O3/c1-9-10-5-3-4-6-11(10)22-12(9)13(20)15-14-16-17-18-19(14)7-8-21-2/h3-6H,7-8H2,1-2H3,(H,15,16,18,20). The van der Waals surface area contributed by atoms with Gasteiger partial charge < -0.3 is 9.15 Å². The summed E-state index contributed by atoms with van der Waals surface area (Å²) in [5.74, 6) is 0.117. The highest BCUT2D eigenvalue weighted by Gasteiger charge is 2.19. The third-order valence-electron chi connectivity index (χ3n) is 3.31. The Morgan fingerprint density at radius 1 is 1.41 bits per heavy atom. The molecule has 0 aliphatic rings. The average Bonchev–Trinajstić information content (AvgIpc) is 3.10. The van der Waals surface area contributed by atoms with Crippen LogP contribution in [0.4, 0.5) is 5.95 Å². The molecular weight excluding hydrogens is 286 g/mol. The molecule has 3 rings (SSSR count). The van der Waals surface area contributed by atoms with E-state index in [1.165, 1.54) is 4.68 Å². The van der Waals surface area contributed by atoms with Crippen LogP contribution in [0.25, 0.3) is 11.0 Å². The number of carbonyl (C=O) groups is 1. The van der Waals surface area contributed by atoms with Gasteiger partial charge in [0.1, 0.15) is 5.58 Å². The van der Waals surface area contributed by atoms with E-state index in [2.05, 4.69) is 20.8 Å². The molecule has 8 nitrogen and oxygen atoms in total. The second kappa shape index (κ2) is 5.94. The van der Waals surface area contributed by atoms with Crippen molar-refractivity contribution in [1.29, 1.82) is 0 Å². The van der Waals surface area contributed by atoms with E-state index in [0.717, 1.165) is 10.9 Å². The zero-order chi connectivity index (χ0) is 15.5. The smallest absolute Gasteiger partial charge is 0.294 e. The van der Waals surface area contributed by atoms with Crippen molar-refractivity contribution in [3.63, 3.8) is 0 Å². The van der Waals surface area contributed by atoms with Crippen molar-refractivity contribution in [2.24, 2.45) is 0 Å². The van der Waals surface area contributed by atoms with E-state index in [0.29, 0.717) is 18.7 Å².